The van der Waals surface area contributed by atoms with Crippen LogP contribution in [0.25, 0.3) is 0 Å². The average molecular weight is 330 g/mol. The standard InChI is InChI=1S/C15H24BrNS/c1-5-13(17)8-12-6-7-15(14(16)9-12)18-11(4)10(2)3/h6-7,9-11,13H,5,8,17H2,1-4H3. The first-order valence-electron chi connectivity index (χ1n) is 6.64. The van der Waals surface area contributed by atoms with E-state index in [-0.39, 0.29) is 6.04 Å². The van der Waals surface area contributed by atoms with Gasteiger partial charge in [-0.25, -0.2) is 0 Å². The molecule has 1 nitrogen and oxygen atoms in total. The van der Waals surface area contributed by atoms with E-state index in [1.807, 2.05) is 11.8 Å². The van der Waals surface area contributed by atoms with Crippen molar-refractivity contribution in [2.45, 2.75) is 56.7 Å². The van der Waals surface area contributed by atoms with E-state index in [0.29, 0.717) is 11.2 Å². The van der Waals surface area contributed by atoms with Crippen molar-refractivity contribution in [1.82, 2.24) is 0 Å². The van der Waals surface area contributed by atoms with Gasteiger partial charge < -0.3 is 5.73 Å². The summed E-state index contributed by atoms with van der Waals surface area (Å²) in [6, 6.07) is 6.90. The minimum Gasteiger partial charge on any atom is -0.327 e. The summed E-state index contributed by atoms with van der Waals surface area (Å²) in [4.78, 5) is 1.32. The summed E-state index contributed by atoms with van der Waals surface area (Å²) in [6.45, 7) is 8.94. The lowest BCUT2D eigenvalue weighted by Crippen LogP contribution is -2.21. The number of nitrogens with two attached hydrogens (primary N) is 1. The monoisotopic (exact) mass is 329 g/mol. The fraction of sp³-hybridized carbons (Fsp3) is 0.600. The molecule has 2 N–H and O–H groups in total. The van der Waals surface area contributed by atoms with Crippen molar-refractivity contribution >= 4 is 27.7 Å². The SMILES string of the molecule is CCC(N)Cc1ccc(SC(C)C(C)C)c(Br)c1. The molecule has 18 heavy (non-hydrogen) atoms. The van der Waals surface area contributed by atoms with Crippen molar-refractivity contribution in [1.29, 1.82) is 0 Å². The van der Waals surface area contributed by atoms with Gasteiger partial charge in [0.05, 0.1) is 0 Å². The van der Waals surface area contributed by atoms with Crippen LogP contribution in [-0.2, 0) is 6.42 Å². The van der Waals surface area contributed by atoms with Gasteiger partial charge in [0.25, 0.3) is 0 Å². The molecule has 2 unspecified atom stereocenters. The van der Waals surface area contributed by atoms with Crippen LogP contribution < -0.4 is 5.73 Å². The lowest BCUT2D eigenvalue weighted by molar-refractivity contribution is 0.641. The molecule has 0 fully saturated rings. The summed E-state index contributed by atoms with van der Waals surface area (Å²) in [7, 11) is 0. The Morgan fingerprint density at radius 2 is 1.94 bits per heavy atom. The van der Waals surface area contributed by atoms with Crippen LogP contribution in [0.3, 0.4) is 0 Å². The van der Waals surface area contributed by atoms with Gasteiger partial charge in [-0.1, -0.05) is 33.8 Å². The van der Waals surface area contributed by atoms with Crippen LogP contribution in [0.2, 0.25) is 0 Å². The third kappa shape index (κ3) is 4.94. The van der Waals surface area contributed by atoms with Gasteiger partial charge in [-0.15, -0.1) is 11.8 Å². The molecule has 1 aromatic carbocycles. The van der Waals surface area contributed by atoms with E-state index in [0.717, 1.165) is 12.8 Å². The van der Waals surface area contributed by atoms with Crippen molar-refractivity contribution in [3.63, 3.8) is 0 Å². The van der Waals surface area contributed by atoms with Crippen LogP contribution in [0.1, 0.15) is 39.7 Å². The molecule has 0 aliphatic heterocycles. The van der Waals surface area contributed by atoms with Crippen LogP contribution in [0, 0.1) is 5.92 Å². The Balaban J connectivity index is 2.73. The van der Waals surface area contributed by atoms with Crippen molar-refractivity contribution in [2.24, 2.45) is 11.7 Å². The Hall–Kier alpha value is 0.01000. The summed E-state index contributed by atoms with van der Waals surface area (Å²) in [6.07, 6.45) is 1.98. The van der Waals surface area contributed by atoms with Crippen LogP contribution in [-0.4, -0.2) is 11.3 Å². The largest absolute Gasteiger partial charge is 0.327 e. The van der Waals surface area contributed by atoms with Gasteiger partial charge in [0.2, 0.25) is 0 Å². The van der Waals surface area contributed by atoms with Crippen molar-refractivity contribution in [3.05, 3.63) is 28.2 Å². The molecule has 0 heterocycles. The van der Waals surface area contributed by atoms with Gasteiger partial charge in [0.1, 0.15) is 0 Å². The summed E-state index contributed by atoms with van der Waals surface area (Å²) in [5, 5.41) is 0.630. The molecule has 3 heteroatoms. The van der Waals surface area contributed by atoms with Gasteiger partial charge in [0, 0.05) is 20.7 Å². The molecule has 0 aliphatic rings. The smallest absolute Gasteiger partial charge is 0.0314 e. The lowest BCUT2D eigenvalue weighted by Gasteiger charge is -2.17. The van der Waals surface area contributed by atoms with Gasteiger partial charge in [0.15, 0.2) is 0 Å². The predicted octanol–water partition coefficient (Wildman–Crippen LogP) is 4.87. The molecule has 0 saturated carbocycles. The Morgan fingerprint density at radius 1 is 1.28 bits per heavy atom. The van der Waals surface area contributed by atoms with Gasteiger partial charge in [-0.2, -0.15) is 0 Å². The number of thioether (sulfide) groups is 1. The highest BCUT2D eigenvalue weighted by Crippen LogP contribution is 2.34. The fourth-order valence-electron chi connectivity index (χ4n) is 1.55. The zero-order chi connectivity index (χ0) is 13.7. The van der Waals surface area contributed by atoms with Gasteiger partial charge >= 0.3 is 0 Å². The highest BCUT2D eigenvalue weighted by atomic mass is 79.9. The van der Waals surface area contributed by atoms with E-state index < -0.39 is 0 Å². The number of benzene rings is 1. The lowest BCUT2D eigenvalue weighted by atomic mass is 10.1. The maximum atomic E-state index is 5.99. The zero-order valence-electron chi connectivity index (χ0n) is 11.7. The summed E-state index contributed by atoms with van der Waals surface area (Å²) in [5.41, 5.74) is 7.31. The van der Waals surface area contributed by atoms with E-state index in [4.69, 9.17) is 5.73 Å². The third-order valence-electron chi connectivity index (χ3n) is 3.27. The minimum atomic E-state index is 0.269. The molecule has 0 spiro atoms. The van der Waals surface area contributed by atoms with E-state index >= 15 is 0 Å². The average Bonchev–Trinajstić information content (AvgIpc) is 2.32. The molecule has 0 amide bonds. The highest BCUT2D eigenvalue weighted by Gasteiger charge is 2.11. The normalized spacial score (nSPS) is 14.8. The Kier molecular flexibility index (Phi) is 6.75. The van der Waals surface area contributed by atoms with E-state index in [2.05, 4.69) is 61.8 Å². The third-order valence-corrected chi connectivity index (χ3v) is 5.71. The molecule has 1 aromatic rings. The molecule has 102 valence electrons. The molecule has 2 atom stereocenters. The van der Waals surface area contributed by atoms with Crippen molar-refractivity contribution in [2.75, 3.05) is 0 Å². The molecular formula is C15H24BrNS. The maximum Gasteiger partial charge on any atom is 0.0314 e. The van der Waals surface area contributed by atoms with Gasteiger partial charge in [-0.05, 0) is 52.4 Å². The number of rotatable bonds is 6. The molecule has 0 saturated heterocycles. The maximum absolute atomic E-state index is 5.99. The molecular weight excluding hydrogens is 306 g/mol. The number of hydrogen-bond acceptors (Lipinski definition) is 2. The minimum absolute atomic E-state index is 0.269. The van der Waals surface area contributed by atoms with E-state index in [9.17, 15) is 0 Å². The molecule has 1 rings (SSSR count). The fourth-order valence-corrected chi connectivity index (χ4v) is 3.25. The highest BCUT2D eigenvalue weighted by molar-refractivity contribution is 9.10. The first kappa shape index (κ1) is 16.1. The van der Waals surface area contributed by atoms with E-state index in [1.165, 1.54) is 14.9 Å². The summed E-state index contributed by atoms with van der Waals surface area (Å²) < 4.78 is 1.20. The second kappa shape index (κ2) is 7.56. The van der Waals surface area contributed by atoms with E-state index in [1.54, 1.807) is 0 Å². The van der Waals surface area contributed by atoms with Crippen molar-refractivity contribution < 1.29 is 0 Å². The molecule has 0 aromatic heterocycles. The topological polar surface area (TPSA) is 26.0 Å². The Labute approximate surface area is 124 Å². The molecule has 0 bridgehead atoms. The summed E-state index contributed by atoms with van der Waals surface area (Å²) in [5.74, 6) is 0.690. The molecule has 0 aliphatic carbocycles. The second-order valence-corrected chi connectivity index (χ2v) is 7.48. The quantitative estimate of drug-likeness (QED) is 0.754. The van der Waals surface area contributed by atoms with Crippen molar-refractivity contribution in [3.8, 4) is 0 Å². The van der Waals surface area contributed by atoms with Gasteiger partial charge in [-0.3, -0.25) is 0 Å². The number of hydrogen-bond donors (Lipinski definition) is 1. The Morgan fingerprint density at radius 3 is 2.44 bits per heavy atom. The molecule has 0 radical (unpaired) electrons. The van der Waals surface area contributed by atoms with Crippen LogP contribution in [0.15, 0.2) is 27.6 Å². The van der Waals surface area contributed by atoms with Crippen LogP contribution >= 0.6 is 27.7 Å². The number of halogens is 1. The zero-order valence-corrected chi connectivity index (χ0v) is 14.1. The summed E-state index contributed by atoms with van der Waals surface area (Å²) >= 11 is 5.61. The second-order valence-electron chi connectivity index (χ2n) is 5.20. The first-order valence-corrected chi connectivity index (χ1v) is 8.32. The Bertz CT molecular complexity index is 379. The predicted molar refractivity (Wildman–Crippen MR) is 86.3 cm³/mol. The van der Waals surface area contributed by atoms with Crippen LogP contribution in [0.5, 0.6) is 0 Å². The van der Waals surface area contributed by atoms with Crippen LogP contribution in [0.4, 0.5) is 0 Å². The first-order chi connectivity index (χ1) is 8.43.